The number of carboxylic acids is 2. The summed E-state index contributed by atoms with van der Waals surface area (Å²) in [7, 11) is 0. The molecule has 1 aromatic heterocycles. The van der Waals surface area contributed by atoms with Gasteiger partial charge in [0.15, 0.2) is 0 Å². The summed E-state index contributed by atoms with van der Waals surface area (Å²) in [5.74, 6) is -4.63. The second-order valence-electron chi connectivity index (χ2n) is 8.99. The number of alkyl halides is 6. The number of pyridine rings is 1. The molecule has 4 rings (SSSR count). The van der Waals surface area contributed by atoms with Crippen LogP contribution in [-0.4, -0.2) is 94.1 Å². The van der Waals surface area contributed by atoms with Crippen LogP contribution in [0.4, 0.5) is 26.3 Å². The topological polar surface area (TPSA) is 120 Å². The van der Waals surface area contributed by atoms with E-state index in [0.29, 0.717) is 11.8 Å². The van der Waals surface area contributed by atoms with E-state index in [9.17, 15) is 31.1 Å². The number of carbonyl (C=O) groups is 3. The molecule has 0 saturated carbocycles. The Balaban J connectivity index is 0.000000301. The Hall–Kier alpha value is -2.94. The number of amides is 1. The van der Waals surface area contributed by atoms with Crippen LogP contribution < -0.4 is 0 Å². The average Bonchev–Trinajstić information content (AvgIpc) is 3.39. The smallest absolute Gasteiger partial charge is 0.475 e. The Morgan fingerprint density at radius 1 is 0.974 bits per heavy atom. The molecule has 0 unspecified atom stereocenters. The van der Waals surface area contributed by atoms with E-state index in [-0.39, 0.29) is 12.0 Å². The van der Waals surface area contributed by atoms with Crippen LogP contribution in [0.2, 0.25) is 0 Å². The first kappa shape index (κ1) is 31.3. The van der Waals surface area contributed by atoms with Crippen LogP contribution in [0.1, 0.15) is 31.2 Å². The first-order chi connectivity index (χ1) is 17.7. The molecular formula is C23H29F6N3O6. The molecule has 3 saturated heterocycles. The van der Waals surface area contributed by atoms with Crippen molar-refractivity contribution in [3.8, 4) is 0 Å². The summed E-state index contributed by atoms with van der Waals surface area (Å²) < 4.78 is 69.5. The Bertz CT molecular complexity index is 900. The number of aromatic nitrogens is 1. The van der Waals surface area contributed by atoms with Crippen LogP contribution in [-0.2, 0) is 25.7 Å². The van der Waals surface area contributed by atoms with E-state index >= 15 is 0 Å². The Morgan fingerprint density at radius 2 is 1.55 bits per heavy atom. The molecule has 3 atom stereocenters. The van der Waals surface area contributed by atoms with Crippen molar-refractivity contribution < 1.29 is 55.7 Å². The monoisotopic (exact) mass is 557 g/mol. The SMILES string of the molecule is O=C(O)C(F)(F)F.O=C(O)C(F)(F)F.O=C([C@@H]1CCO[C@@H]2CCN(Cc3cccnc3)C[C@@H]21)N1CCCC1. The zero-order valence-electron chi connectivity index (χ0n) is 20.2. The normalized spacial score (nSPS) is 23.7. The van der Waals surface area contributed by atoms with Crippen LogP contribution in [0.25, 0.3) is 0 Å². The van der Waals surface area contributed by atoms with Crippen molar-refractivity contribution in [3.63, 3.8) is 0 Å². The molecule has 9 nitrogen and oxygen atoms in total. The summed E-state index contributed by atoms with van der Waals surface area (Å²) in [5, 5.41) is 14.2. The van der Waals surface area contributed by atoms with Gasteiger partial charge in [-0.25, -0.2) is 9.59 Å². The van der Waals surface area contributed by atoms with Crippen LogP contribution in [0.15, 0.2) is 24.5 Å². The van der Waals surface area contributed by atoms with Crippen LogP contribution in [0.3, 0.4) is 0 Å². The van der Waals surface area contributed by atoms with E-state index in [1.54, 1.807) is 0 Å². The minimum atomic E-state index is -5.08. The summed E-state index contributed by atoms with van der Waals surface area (Å²) in [5.41, 5.74) is 1.25. The first-order valence-corrected chi connectivity index (χ1v) is 11.8. The number of carboxylic acid groups (broad SMARTS) is 2. The standard InChI is InChI=1S/C19H27N3O2.2C2HF3O2/c23-19(22-8-1-2-9-22)16-6-11-24-18-5-10-21(14-17(16)18)13-15-4-3-7-20-12-15;2*3-2(4,5)1(6)7/h3-4,7,12,16-18H,1-2,5-6,8-11,13-14H2;2*(H,6,7)/t16-,17-,18-;;/m1../s1. The number of aliphatic carboxylic acids is 2. The van der Waals surface area contributed by atoms with Gasteiger partial charge in [-0.05, 0) is 37.3 Å². The Morgan fingerprint density at radius 3 is 2.05 bits per heavy atom. The van der Waals surface area contributed by atoms with Crippen LogP contribution in [0.5, 0.6) is 0 Å². The number of fused-ring (bicyclic) bond motifs is 1. The van der Waals surface area contributed by atoms with Crippen molar-refractivity contribution in [2.24, 2.45) is 11.8 Å². The lowest BCUT2D eigenvalue weighted by Gasteiger charge is -2.45. The summed E-state index contributed by atoms with van der Waals surface area (Å²) in [6.07, 6.45) is -1.90. The number of halogens is 6. The van der Waals surface area contributed by atoms with Gasteiger partial charge < -0.3 is 19.8 Å². The third-order valence-electron chi connectivity index (χ3n) is 6.30. The van der Waals surface area contributed by atoms with E-state index in [2.05, 4.69) is 20.9 Å². The van der Waals surface area contributed by atoms with Gasteiger partial charge in [0, 0.05) is 63.6 Å². The third kappa shape index (κ3) is 9.74. The maximum Gasteiger partial charge on any atom is 0.490 e. The second-order valence-corrected chi connectivity index (χ2v) is 8.99. The first-order valence-electron chi connectivity index (χ1n) is 11.8. The maximum atomic E-state index is 13.0. The van der Waals surface area contributed by atoms with E-state index in [4.69, 9.17) is 24.5 Å². The number of hydrogen-bond acceptors (Lipinski definition) is 6. The highest BCUT2D eigenvalue weighted by Crippen LogP contribution is 2.35. The van der Waals surface area contributed by atoms with E-state index in [1.807, 2.05) is 18.5 Å². The Kier molecular flexibility index (Phi) is 11.3. The lowest BCUT2D eigenvalue weighted by Crippen LogP contribution is -2.53. The largest absolute Gasteiger partial charge is 0.490 e. The number of hydrogen-bond donors (Lipinski definition) is 2. The molecule has 0 aromatic carbocycles. The molecule has 0 spiro atoms. The lowest BCUT2D eigenvalue weighted by molar-refractivity contribution is -0.193. The molecule has 1 amide bonds. The highest BCUT2D eigenvalue weighted by atomic mass is 19.4. The third-order valence-corrected chi connectivity index (χ3v) is 6.30. The van der Waals surface area contributed by atoms with Gasteiger partial charge in [0.05, 0.1) is 6.10 Å². The predicted molar refractivity (Wildman–Crippen MR) is 119 cm³/mol. The molecule has 3 aliphatic heterocycles. The fourth-order valence-electron chi connectivity index (χ4n) is 4.56. The highest BCUT2D eigenvalue weighted by molar-refractivity contribution is 5.79. The fraction of sp³-hybridized carbons (Fsp3) is 0.652. The number of piperidine rings is 1. The van der Waals surface area contributed by atoms with Crippen molar-refractivity contribution >= 4 is 17.8 Å². The maximum absolute atomic E-state index is 13.0. The van der Waals surface area contributed by atoms with Crippen molar-refractivity contribution in [1.82, 2.24) is 14.8 Å². The van der Waals surface area contributed by atoms with Crippen molar-refractivity contribution in [1.29, 1.82) is 0 Å². The molecule has 2 N–H and O–H groups in total. The number of rotatable bonds is 3. The van der Waals surface area contributed by atoms with E-state index in [1.165, 1.54) is 5.56 Å². The number of ether oxygens (including phenoxy) is 1. The molecule has 0 bridgehead atoms. The zero-order chi connectivity index (χ0) is 28.5. The van der Waals surface area contributed by atoms with Crippen molar-refractivity contribution in [2.45, 2.75) is 50.7 Å². The van der Waals surface area contributed by atoms with E-state index in [0.717, 1.165) is 65.0 Å². The van der Waals surface area contributed by atoms with Gasteiger partial charge in [-0.1, -0.05) is 6.07 Å². The van der Waals surface area contributed by atoms with Gasteiger partial charge in [0.1, 0.15) is 0 Å². The van der Waals surface area contributed by atoms with Crippen molar-refractivity contribution in [3.05, 3.63) is 30.1 Å². The second kappa shape index (κ2) is 13.7. The molecule has 1 aromatic rings. The van der Waals surface area contributed by atoms with Gasteiger partial charge >= 0.3 is 24.3 Å². The minimum Gasteiger partial charge on any atom is -0.475 e. The molecule has 4 heterocycles. The fourth-order valence-corrected chi connectivity index (χ4v) is 4.56. The molecular weight excluding hydrogens is 528 g/mol. The van der Waals surface area contributed by atoms with Crippen LogP contribution in [0, 0.1) is 11.8 Å². The number of nitrogens with zero attached hydrogens (tertiary/aromatic N) is 3. The summed E-state index contributed by atoms with van der Waals surface area (Å²) in [6.45, 7) is 5.57. The van der Waals surface area contributed by atoms with Gasteiger partial charge in [0.2, 0.25) is 5.91 Å². The average molecular weight is 557 g/mol. The lowest BCUT2D eigenvalue weighted by atomic mass is 9.78. The molecule has 214 valence electrons. The zero-order valence-corrected chi connectivity index (χ0v) is 20.2. The van der Waals surface area contributed by atoms with Crippen molar-refractivity contribution in [2.75, 3.05) is 32.8 Å². The molecule has 3 aliphatic rings. The quantitative estimate of drug-likeness (QED) is 0.544. The summed E-state index contributed by atoms with van der Waals surface area (Å²) in [6, 6.07) is 4.12. The molecule has 38 heavy (non-hydrogen) atoms. The minimum absolute atomic E-state index is 0.151. The summed E-state index contributed by atoms with van der Waals surface area (Å²) >= 11 is 0. The molecule has 3 fully saturated rings. The summed E-state index contributed by atoms with van der Waals surface area (Å²) in [4.78, 5) is 39.5. The number of likely N-dealkylation sites (tertiary alicyclic amines) is 2. The highest BCUT2D eigenvalue weighted by Gasteiger charge is 2.43. The Labute approximate surface area is 214 Å². The van der Waals surface area contributed by atoms with Gasteiger partial charge in [-0.15, -0.1) is 0 Å². The predicted octanol–water partition coefficient (Wildman–Crippen LogP) is 3.20. The molecule has 15 heteroatoms. The van der Waals surface area contributed by atoms with Gasteiger partial charge in [-0.2, -0.15) is 26.3 Å². The molecule has 0 radical (unpaired) electrons. The van der Waals surface area contributed by atoms with Gasteiger partial charge in [0.25, 0.3) is 0 Å². The van der Waals surface area contributed by atoms with Crippen LogP contribution >= 0.6 is 0 Å². The number of carbonyl (C=O) groups excluding carboxylic acids is 1. The van der Waals surface area contributed by atoms with Gasteiger partial charge in [-0.3, -0.25) is 14.7 Å². The molecule has 0 aliphatic carbocycles. The van der Waals surface area contributed by atoms with E-state index < -0.39 is 24.3 Å².